The molecule has 1 N–H and O–H groups in total. The Morgan fingerprint density at radius 2 is 2.12 bits per heavy atom. The van der Waals surface area contributed by atoms with E-state index < -0.39 is 5.97 Å². The minimum Gasteiger partial charge on any atom is -0.480 e. The number of amides is 2. The second kappa shape index (κ2) is 8.94. The Balaban J connectivity index is 1.94. The molecule has 8 heteroatoms. The molecule has 1 fully saturated rings. The van der Waals surface area contributed by atoms with E-state index >= 15 is 0 Å². The molecule has 0 radical (unpaired) electrons. The first-order valence-electron chi connectivity index (χ1n) is 8.60. The van der Waals surface area contributed by atoms with Gasteiger partial charge in [-0.25, -0.2) is 4.98 Å². The van der Waals surface area contributed by atoms with Crippen molar-refractivity contribution in [3.05, 3.63) is 16.1 Å². The van der Waals surface area contributed by atoms with Crippen molar-refractivity contribution < 1.29 is 19.5 Å². The molecule has 1 aromatic heterocycles. The predicted molar refractivity (Wildman–Crippen MR) is 94.4 cm³/mol. The van der Waals surface area contributed by atoms with E-state index in [1.807, 2.05) is 17.2 Å². The summed E-state index contributed by atoms with van der Waals surface area (Å²) in [4.78, 5) is 42.9. The van der Waals surface area contributed by atoms with Crippen LogP contribution >= 0.6 is 11.3 Å². The fourth-order valence-corrected chi connectivity index (χ4v) is 3.89. The van der Waals surface area contributed by atoms with E-state index in [2.05, 4.69) is 4.98 Å². The molecule has 0 aliphatic carbocycles. The van der Waals surface area contributed by atoms with Crippen molar-refractivity contribution in [2.75, 3.05) is 19.6 Å². The Kier molecular flexibility index (Phi) is 6.92. The van der Waals surface area contributed by atoms with Crippen LogP contribution in [0, 0.1) is 0 Å². The van der Waals surface area contributed by atoms with Crippen LogP contribution in [0.15, 0.2) is 5.38 Å². The number of nitrogens with zero attached hydrogens (tertiary/aromatic N) is 3. The van der Waals surface area contributed by atoms with Crippen LogP contribution in [0.5, 0.6) is 0 Å². The van der Waals surface area contributed by atoms with Gasteiger partial charge in [0.1, 0.15) is 6.54 Å². The van der Waals surface area contributed by atoms with E-state index in [4.69, 9.17) is 5.11 Å². The lowest BCUT2D eigenvalue weighted by Crippen LogP contribution is -2.43. The predicted octanol–water partition coefficient (Wildman–Crippen LogP) is 1.56. The molecule has 138 valence electrons. The molecule has 2 amide bonds. The Bertz CT molecular complexity index is 631. The number of aryl methyl sites for hydroxylation is 1. The van der Waals surface area contributed by atoms with Crippen LogP contribution in [0.2, 0.25) is 0 Å². The fraction of sp³-hybridized carbons (Fsp3) is 0.647. The van der Waals surface area contributed by atoms with Gasteiger partial charge in [0.25, 0.3) is 0 Å². The third-order valence-electron chi connectivity index (χ3n) is 4.44. The number of hydrogen-bond acceptors (Lipinski definition) is 5. The Labute approximate surface area is 151 Å². The second-order valence-corrected chi connectivity index (χ2v) is 7.21. The van der Waals surface area contributed by atoms with Crippen molar-refractivity contribution in [1.82, 2.24) is 14.8 Å². The van der Waals surface area contributed by atoms with Gasteiger partial charge in [-0.1, -0.05) is 6.92 Å². The van der Waals surface area contributed by atoms with Gasteiger partial charge in [0, 0.05) is 31.4 Å². The SMILES string of the molecule is CCc1nc(CC(=O)N2CCCC(N(CC(=O)O)C(C)=O)CC2)cs1. The zero-order valence-corrected chi connectivity index (χ0v) is 15.5. The molecular formula is C17H25N3O4S. The molecule has 1 aliphatic heterocycles. The van der Waals surface area contributed by atoms with Crippen LogP contribution in [-0.4, -0.2) is 63.4 Å². The molecule has 0 saturated carbocycles. The average Bonchev–Trinajstić information content (AvgIpc) is 2.86. The molecule has 25 heavy (non-hydrogen) atoms. The van der Waals surface area contributed by atoms with Gasteiger partial charge < -0.3 is 14.9 Å². The number of carbonyl (C=O) groups excluding carboxylic acids is 2. The number of carbonyl (C=O) groups is 3. The van der Waals surface area contributed by atoms with E-state index in [1.165, 1.54) is 11.8 Å². The Morgan fingerprint density at radius 3 is 2.72 bits per heavy atom. The molecule has 1 aliphatic rings. The van der Waals surface area contributed by atoms with Crippen molar-refractivity contribution in [2.45, 2.75) is 52.0 Å². The maximum atomic E-state index is 12.5. The van der Waals surface area contributed by atoms with Crippen LogP contribution in [0.1, 0.15) is 43.8 Å². The van der Waals surface area contributed by atoms with E-state index in [9.17, 15) is 14.4 Å². The number of aliphatic carboxylic acids is 1. The first-order valence-corrected chi connectivity index (χ1v) is 9.48. The number of carboxylic acid groups (broad SMARTS) is 1. The van der Waals surface area contributed by atoms with Crippen molar-refractivity contribution in [1.29, 1.82) is 0 Å². The van der Waals surface area contributed by atoms with Gasteiger partial charge in [0.05, 0.1) is 17.1 Å². The zero-order valence-electron chi connectivity index (χ0n) is 14.7. The molecule has 1 atom stereocenters. The fourth-order valence-electron chi connectivity index (χ4n) is 3.14. The first-order chi connectivity index (χ1) is 11.9. The Hall–Kier alpha value is -1.96. The number of likely N-dealkylation sites (tertiary alicyclic amines) is 1. The van der Waals surface area contributed by atoms with Gasteiger partial charge in [-0.3, -0.25) is 14.4 Å². The van der Waals surface area contributed by atoms with Gasteiger partial charge in [-0.15, -0.1) is 11.3 Å². The largest absolute Gasteiger partial charge is 0.480 e. The van der Waals surface area contributed by atoms with Crippen LogP contribution in [0.25, 0.3) is 0 Å². The van der Waals surface area contributed by atoms with Gasteiger partial charge in [0.2, 0.25) is 11.8 Å². The topological polar surface area (TPSA) is 90.8 Å². The van der Waals surface area contributed by atoms with Crippen LogP contribution in [-0.2, 0) is 27.2 Å². The highest BCUT2D eigenvalue weighted by atomic mass is 32.1. The highest BCUT2D eigenvalue weighted by Gasteiger charge is 2.27. The molecule has 7 nitrogen and oxygen atoms in total. The molecule has 1 aromatic rings. The van der Waals surface area contributed by atoms with Crippen molar-refractivity contribution in [3.8, 4) is 0 Å². The smallest absolute Gasteiger partial charge is 0.323 e. The summed E-state index contributed by atoms with van der Waals surface area (Å²) in [5.41, 5.74) is 0.809. The molecular weight excluding hydrogens is 342 g/mol. The summed E-state index contributed by atoms with van der Waals surface area (Å²) in [5.74, 6) is -1.20. The molecule has 1 saturated heterocycles. The number of hydrogen-bond donors (Lipinski definition) is 1. The number of rotatable bonds is 6. The lowest BCUT2D eigenvalue weighted by molar-refractivity contribution is -0.145. The van der Waals surface area contributed by atoms with E-state index in [0.29, 0.717) is 32.4 Å². The zero-order chi connectivity index (χ0) is 18.4. The number of thiazole rings is 1. The highest BCUT2D eigenvalue weighted by Crippen LogP contribution is 2.19. The molecule has 0 bridgehead atoms. The van der Waals surface area contributed by atoms with Crippen molar-refractivity contribution in [2.24, 2.45) is 0 Å². The Morgan fingerprint density at radius 1 is 1.36 bits per heavy atom. The monoisotopic (exact) mass is 367 g/mol. The first kappa shape index (κ1) is 19.4. The van der Waals surface area contributed by atoms with Gasteiger partial charge in [-0.05, 0) is 25.7 Å². The summed E-state index contributed by atoms with van der Waals surface area (Å²) in [5, 5.41) is 12.0. The summed E-state index contributed by atoms with van der Waals surface area (Å²) in [6, 6.07) is -0.127. The number of aromatic nitrogens is 1. The minimum atomic E-state index is -1.01. The summed E-state index contributed by atoms with van der Waals surface area (Å²) < 4.78 is 0. The summed E-state index contributed by atoms with van der Waals surface area (Å²) in [6.45, 7) is 4.32. The maximum Gasteiger partial charge on any atom is 0.323 e. The van der Waals surface area contributed by atoms with Crippen LogP contribution < -0.4 is 0 Å². The molecule has 0 spiro atoms. The lowest BCUT2D eigenvalue weighted by atomic mass is 10.1. The van der Waals surface area contributed by atoms with E-state index in [-0.39, 0.29) is 24.4 Å². The van der Waals surface area contributed by atoms with Crippen LogP contribution in [0.3, 0.4) is 0 Å². The average molecular weight is 367 g/mol. The van der Waals surface area contributed by atoms with Gasteiger partial charge in [0.15, 0.2) is 0 Å². The second-order valence-electron chi connectivity index (χ2n) is 6.27. The molecule has 2 heterocycles. The van der Waals surface area contributed by atoms with Crippen molar-refractivity contribution >= 4 is 29.1 Å². The minimum absolute atomic E-state index is 0.0428. The number of carboxylic acids is 1. The highest BCUT2D eigenvalue weighted by molar-refractivity contribution is 7.09. The normalized spacial score (nSPS) is 17.8. The standard InChI is InChI=1S/C17H25N3O4S/c1-3-15-18-13(11-25-15)9-16(22)19-7-4-5-14(6-8-19)20(12(2)21)10-17(23)24/h11,14H,3-10H2,1-2H3,(H,23,24). The lowest BCUT2D eigenvalue weighted by Gasteiger charge is -2.28. The summed E-state index contributed by atoms with van der Waals surface area (Å²) in [7, 11) is 0. The van der Waals surface area contributed by atoms with Gasteiger partial charge >= 0.3 is 5.97 Å². The molecule has 1 unspecified atom stereocenters. The third kappa shape index (κ3) is 5.52. The summed E-state index contributed by atoms with van der Waals surface area (Å²) in [6.07, 6.45) is 3.25. The van der Waals surface area contributed by atoms with Crippen LogP contribution in [0.4, 0.5) is 0 Å². The van der Waals surface area contributed by atoms with Gasteiger partial charge in [-0.2, -0.15) is 0 Å². The van der Waals surface area contributed by atoms with Crippen molar-refractivity contribution in [3.63, 3.8) is 0 Å². The van der Waals surface area contributed by atoms with E-state index in [0.717, 1.165) is 23.5 Å². The maximum absolute atomic E-state index is 12.5. The van der Waals surface area contributed by atoms with E-state index in [1.54, 1.807) is 11.3 Å². The third-order valence-corrected chi connectivity index (χ3v) is 5.48. The molecule has 2 rings (SSSR count). The summed E-state index contributed by atoms with van der Waals surface area (Å²) >= 11 is 1.57. The quantitative estimate of drug-likeness (QED) is 0.824. The molecule has 0 aromatic carbocycles.